The van der Waals surface area contributed by atoms with Crippen molar-refractivity contribution in [2.75, 3.05) is 14.2 Å². The van der Waals surface area contributed by atoms with Crippen molar-refractivity contribution in [1.29, 1.82) is 0 Å². The van der Waals surface area contributed by atoms with Crippen LogP contribution in [0, 0.1) is 6.92 Å². The van der Waals surface area contributed by atoms with Crippen LogP contribution in [0.15, 0.2) is 42.6 Å². The molecular formula is C18H19N5O3. The normalized spacial score (nSPS) is 10.4. The van der Waals surface area contributed by atoms with Gasteiger partial charge in [-0.2, -0.15) is 0 Å². The van der Waals surface area contributed by atoms with Gasteiger partial charge in [-0.25, -0.2) is 9.67 Å². The second-order valence-electron chi connectivity index (χ2n) is 5.49. The first-order valence-corrected chi connectivity index (χ1v) is 7.97. The van der Waals surface area contributed by atoms with Gasteiger partial charge < -0.3 is 14.8 Å². The minimum Gasteiger partial charge on any atom is -0.497 e. The van der Waals surface area contributed by atoms with E-state index >= 15 is 0 Å². The molecule has 8 heteroatoms. The van der Waals surface area contributed by atoms with E-state index in [1.54, 1.807) is 31.0 Å². The van der Waals surface area contributed by atoms with Gasteiger partial charge in [0.1, 0.15) is 5.75 Å². The maximum Gasteiger partial charge on any atom is 0.274 e. The van der Waals surface area contributed by atoms with Crippen molar-refractivity contribution in [2.45, 2.75) is 13.5 Å². The minimum absolute atomic E-state index is 0.267. The topological polar surface area (TPSA) is 91.2 Å². The molecule has 8 nitrogen and oxygen atoms in total. The molecule has 1 N–H and O–H groups in total. The summed E-state index contributed by atoms with van der Waals surface area (Å²) in [6.07, 6.45) is 1.63. The van der Waals surface area contributed by atoms with Gasteiger partial charge in [0, 0.05) is 18.3 Å². The summed E-state index contributed by atoms with van der Waals surface area (Å²) < 4.78 is 11.9. The number of hydrogen-bond acceptors (Lipinski definition) is 6. The fourth-order valence-corrected chi connectivity index (χ4v) is 2.51. The molecule has 0 aliphatic heterocycles. The Kier molecular flexibility index (Phi) is 5.12. The molecule has 0 spiro atoms. The minimum atomic E-state index is -0.312. The van der Waals surface area contributed by atoms with Crippen molar-refractivity contribution in [3.05, 3.63) is 59.5 Å². The Balaban J connectivity index is 1.75. The lowest BCUT2D eigenvalue weighted by atomic mass is 10.2. The number of aromatic nitrogens is 4. The zero-order valence-corrected chi connectivity index (χ0v) is 14.8. The van der Waals surface area contributed by atoms with Crippen LogP contribution in [0.1, 0.15) is 21.7 Å². The molecule has 0 atom stereocenters. The van der Waals surface area contributed by atoms with Crippen LogP contribution in [-0.4, -0.2) is 40.1 Å². The van der Waals surface area contributed by atoms with Crippen LogP contribution in [0.4, 0.5) is 0 Å². The van der Waals surface area contributed by atoms with E-state index in [2.05, 4.69) is 20.6 Å². The highest BCUT2D eigenvalue weighted by Crippen LogP contribution is 2.17. The average molecular weight is 353 g/mol. The summed E-state index contributed by atoms with van der Waals surface area (Å²) >= 11 is 0. The summed E-state index contributed by atoms with van der Waals surface area (Å²) in [5.74, 6) is 0.912. The molecule has 0 fully saturated rings. The van der Waals surface area contributed by atoms with Gasteiger partial charge >= 0.3 is 0 Å². The van der Waals surface area contributed by atoms with Gasteiger partial charge in [0.2, 0.25) is 5.88 Å². The van der Waals surface area contributed by atoms with Crippen LogP contribution in [0.2, 0.25) is 0 Å². The smallest absolute Gasteiger partial charge is 0.274 e. The zero-order chi connectivity index (χ0) is 18.5. The lowest BCUT2D eigenvalue weighted by molar-refractivity contribution is 0.0945. The molecule has 0 radical (unpaired) electrons. The summed E-state index contributed by atoms with van der Waals surface area (Å²) in [5, 5.41) is 10.9. The van der Waals surface area contributed by atoms with Crippen LogP contribution in [-0.2, 0) is 6.54 Å². The number of carbonyl (C=O) groups is 1. The monoisotopic (exact) mass is 353 g/mol. The number of amides is 1. The third-order valence-electron chi connectivity index (χ3n) is 3.91. The van der Waals surface area contributed by atoms with E-state index < -0.39 is 0 Å². The molecule has 0 bridgehead atoms. The first kappa shape index (κ1) is 17.4. The summed E-state index contributed by atoms with van der Waals surface area (Å²) in [4.78, 5) is 16.6. The number of nitrogens with one attached hydrogen (secondary N) is 1. The van der Waals surface area contributed by atoms with E-state index in [1.807, 2.05) is 30.3 Å². The Morgan fingerprint density at radius 3 is 2.62 bits per heavy atom. The molecule has 0 saturated carbocycles. The van der Waals surface area contributed by atoms with Gasteiger partial charge in [0.05, 0.1) is 25.6 Å². The molecule has 2 heterocycles. The maximum absolute atomic E-state index is 12.5. The second kappa shape index (κ2) is 7.64. The number of ether oxygens (including phenoxy) is 2. The fraction of sp³-hybridized carbons (Fsp3) is 0.222. The Morgan fingerprint density at radius 2 is 1.92 bits per heavy atom. The lowest BCUT2D eigenvalue weighted by Crippen LogP contribution is -2.24. The number of hydrogen-bond donors (Lipinski definition) is 1. The summed E-state index contributed by atoms with van der Waals surface area (Å²) in [7, 11) is 3.15. The number of nitrogens with zero attached hydrogens (tertiary/aromatic N) is 4. The third-order valence-corrected chi connectivity index (χ3v) is 3.91. The van der Waals surface area contributed by atoms with Crippen LogP contribution < -0.4 is 14.8 Å². The van der Waals surface area contributed by atoms with Crippen molar-refractivity contribution in [2.24, 2.45) is 0 Å². The highest BCUT2D eigenvalue weighted by Gasteiger charge is 2.17. The Hall–Kier alpha value is -3.42. The molecule has 2 aromatic heterocycles. The van der Waals surface area contributed by atoms with E-state index in [0.717, 1.165) is 17.0 Å². The van der Waals surface area contributed by atoms with E-state index in [4.69, 9.17) is 9.47 Å². The highest BCUT2D eigenvalue weighted by atomic mass is 16.5. The molecule has 0 aliphatic carbocycles. The van der Waals surface area contributed by atoms with Crippen molar-refractivity contribution in [3.8, 4) is 17.3 Å². The Labute approximate surface area is 150 Å². The first-order valence-electron chi connectivity index (χ1n) is 7.97. The van der Waals surface area contributed by atoms with E-state index in [9.17, 15) is 4.79 Å². The molecular weight excluding hydrogens is 334 g/mol. The SMILES string of the molecule is COc1ccc(-n2nnc(C(=O)NCc3cccnc3OC)c2C)cc1. The van der Waals surface area contributed by atoms with E-state index in [1.165, 1.54) is 7.11 Å². The quantitative estimate of drug-likeness (QED) is 0.728. The van der Waals surface area contributed by atoms with Crippen molar-refractivity contribution in [1.82, 2.24) is 25.3 Å². The number of benzene rings is 1. The molecule has 3 rings (SSSR count). The van der Waals surface area contributed by atoms with Crippen molar-refractivity contribution >= 4 is 5.91 Å². The Morgan fingerprint density at radius 1 is 1.15 bits per heavy atom. The molecule has 26 heavy (non-hydrogen) atoms. The third kappa shape index (κ3) is 3.49. The summed E-state index contributed by atoms with van der Waals surface area (Å²) in [6, 6.07) is 11.0. The largest absolute Gasteiger partial charge is 0.497 e. The van der Waals surface area contributed by atoms with Gasteiger partial charge in [-0.3, -0.25) is 4.79 Å². The van der Waals surface area contributed by atoms with Crippen molar-refractivity contribution in [3.63, 3.8) is 0 Å². The fourth-order valence-electron chi connectivity index (χ4n) is 2.51. The standard InChI is InChI=1S/C18H19N5O3/c1-12-16(17(24)20-11-13-5-4-10-19-18(13)26-3)21-22-23(12)14-6-8-15(25-2)9-7-14/h4-10H,11H2,1-3H3,(H,20,24). The van der Waals surface area contributed by atoms with Crippen LogP contribution in [0.25, 0.3) is 5.69 Å². The van der Waals surface area contributed by atoms with Gasteiger partial charge in [-0.1, -0.05) is 11.3 Å². The highest BCUT2D eigenvalue weighted by molar-refractivity contribution is 5.93. The molecule has 1 aromatic carbocycles. The first-order chi connectivity index (χ1) is 12.6. The summed E-state index contributed by atoms with van der Waals surface area (Å²) in [5.41, 5.74) is 2.49. The molecule has 0 aliphatic rings. The molecule has 134 valence electrons. The predicted octanol–water partition coefficient (Wildman–Crippen LogP) is 1.92. The second-order valence-corrected chi connectivity index (χ2v) is 5.49. The number of pyridine rings is 1. The average Bonchev–Trinajstić information content (AvgIpc) is 3.07. The molecule has 3 aromatic rings. The lowest BCUT2D eigenvalue weighted by Gasteiger charge is -2.08. The molecule has 0 saturated heterocycles. The van der Waals surface area contributed by atoms with Crippen LogP contribution >= 0.6 is 0 Å². The number of carbonyl (C=O) groups excluding carboxylic acids is 1. The van der Waals surface area contributed by atoms with E-state index in [0.29, 0.717) is 11.6 Å². The van der Waals surface area contributed by atoms with Gasteiger partial charge in [-0.15, -0.1) is 5.10 Å². The zero-order valence-electron chi connectivity index (χ0n) is 14.8. The summed E-state index contributed by atoms with van der Waals surface area (Å²) in [6.45, 7) is 2.08. The van der Waals surface area contributed by atoms with Crippen LogP contribution in [0.3, 0.4) is 0 Å². The maximum atomic E-state index is 12.5. The van der Waals surface area contributed by atoms with Crippen molar-refractivity contribution < 1.29 is 14.3 Å². The van der Waals surface area contributed by atoms with Crippen LogP contribution in [0.5, 0.6) is 11.6 Å². The van der Waals surface area contributed by atoms with Gasteiger partial charge in [0.15, 0.2) is 5.69 Å². The molecule has 0 unspecified atom stereocenters. The van der Waals surface area contributed by atoms with E-state index in [-0.39, 0.29) is 18.1 Å². The van der Waals surface area contributed by atoms with Gasteiger partial charge in [-0.05, 0) is 37.3 Å². The molecule has 1 amide bonds. The number of methoxy groups -OCH3 is 2. The Bertz CT molecular complexity index is 905. The predicted molar refractivity (Wildman–Crippen MR) is 94.6 cm³/mol. The number of rotatable bonds is 6. The van der Waals surface area contributed by atoms with Gasteiger partial charge in [0.25, 0.3) is 5.91 Å².